The Morgan fingerprint density at radius 1 is 1.00 bits per heavy atom. The molecule has 1 unspecified atom stereocenters. The maximum absolute atomic E-state index is 13.6. The molecule has 0 radical (unpaired) electrons. The van der Waals surface area contributed by atoms with Crippen LogP contribution in [0.5, 0.6) is 11.5 Å². The molecule has 1 fully saturated rings. The predicted octanol–water partition coefficient (Wildman–Crippen LogP) is 4.38. The third-order valence-electron chi connectivity index (χ3n) is 7.30. The molecule has 0 saturated carbocycles. The molecule has 5 rings (SSSR count). The van der Waals surface area contributed by atoms with Crippen LogP contribution < -0.4 is 14.4 Å². The molecule has 0 spiro atoms. The number of likely N-dealkylation sites (N-methyl/N-ethyl adjacent to an activating group) is 1. The Labute approximate surface area is 218 Å². The number of hydrogen-bond acceptors (Lipinski definition) is 5. The van der Waals surface area contributed by atoms with E-state index in [-0.39, 0.29) is 31.0 Å². The van der Waals surface area contributed by atoms with Gasteiger partial charge in [0.15, 0.2) is 6.61 Å². The number of carbonyl (C=O) groups is 2. The molecule has 7 heteroatoms. The van der Waals surface area contributed by atoms with E-state index in [1.165, 1.54) is 17.7 Å². The lowest BCUT2D eigenvalue weighted by Crippen LogP contribution is -2.47. The van der Waals surface area contributed by atoms with E-state index in [1.807, 2.05) is 25.2 Å². The van der Waals surface area contributed by atoms with Crippen molar-refractivity contribution in [2.24, 2.45) is 0 Å². The van der Waals surface area contributed by atoms with Crippen LogP contribution in [0.1, 0.15) is 24.4 Å². The Morgan fingerprint density at radius 2 is 1.70 bits per heavy atom. The number of fused-ring (bicyclic) bond motifs is 1. The van der Waals surface area contributed by atoms with Crippen molar-refractivity contribution in [1.82, 2.24) is 9.80 Å². The summed E-state index contributed by atoms with van der Waals surface area (Å²) in [4.78, 5) is 32.1. The Hall–Kier alpha value is -3.84. The minimum absolute atomic E-state index is 0.0450. The molecule has 0 N–H and O–H groups in total. The fraction of sp³-hybridized carbons (Fsp3) is 0.333. The quantitative estimate of drug-likeness (QED) is 0.460. The first-order valence-corrected chi connectivity index (χ1v) is 12.8. The summed E-state index contributed by atoms with van der Waals surface area (Å²) in [6.45, 7) is 2.69. The SMILES string of the molecule is COc1ccc2c(c1)OCC(=O)N2CC(=O)N(C)C(CN1CCCC1)c1ccc(-c2ccccc2)cc1. The number of hydrogen-bond donors (Lipinski definition) is 0. The molecule has 1 saturated heterocycles. The predicted molar refractivity (Wildman–Crippen MR) is 144 cm³/mol. The van der Waals surface area contributed by atoms with Gasteiger partial charge in [-0.15, -0.1) is 0 Å². The summed E-state index contributed by atoms with van der Waals surface area (Å²) in [5.41, 5.74) is 3.97. The number of rotatable bonds is 8. The van der Waals surface area contributed by atoms with Crippen LogP contribution in [-0.4, -0.2) is 68.6 Å². The third-order valence-corrected chi connectivity index (χ3v) is 7.30. The van der Waals surface area contributed by atoms with Crippen molar-refractivity contribution in [1.29, 1.82) is 0 Å². The minimum Gasteiger partial charge on any atom is -0.497 e. The number of amides is 2. The zero-order valence-corrected chi connectivity index (χ0v) is 21.4. The Bertz CT molecular complexity index is 1240. The van der Waals surface area contributed by atoms with E-state index in [2.05, 4.69) is 41.3 Å². The minimum atomic E-state index is -0.234. The molecule has 192 valence electrons. The first-order chi connectivity index (χ1) is 18.0. The van der Waals surface area contributed by atoms with Crippen molar-refractivity contribution in [3.63, 3.8) is 0 Å². The summed E-state index contributed by atoms with van der Waals surface area (Å²) in [6.07, 6.45) is 2.36. The van der Waals surface area contributed by atoms with E-state index >= 15 is 0 Å². The average Bonchev–Trinajstić information content (AvgIpc) is 3.46. The molecule has 2 aliphatic rings. The van der Waals surface area contributed by atoms with Crippen LogP contribution in [-0.2, 0) is 9.59 Å². The summed E-state index contributed by atoms with van der Waals surface area (Å²) in [5.74, 6) is 0.830. The molecule has 2 heterocycles. The van der Waals surface area contributed by atoms with Gasteiger partial charge in [0.25, 0.3) is 5.91 Å². The molecule has 37 heavy (non-hydrogen) atoms. The van der Waals surface area contributed by atoms with Crippen molar-refractivity contribution in [3.05, 3.63) is 78.4 Å². The number of nitrogens with zero attached hydrogens (tertiary/aromatic N) is 3. The van der Waals surface area contributed by atoms with E-state index in [1.54, 1.807) is 30.2 Å². The standard InChI is InChI=1S/C30H33N3O4/c1-31(29(34)20-33-26-15-14-25(36-2)18-28(26)37-21-30(33)35)27(19-32-16-6-7-17-32)24-12-10-23(11-13-24)22-8-4-3-5-9-22/h3-5,8-15,18,27H,6-7,16-17,19-21H2,1-2H3. The molecule has 0 aromatic heterocycles. The van der Waals surface area contributed by atoms with Gasteiger partial charge < -0.3 is 19.3 Å². The molecule has 7 nitrogen and oxygen atoms in total. The monoisotopic (exact) mass is 499 g/mol. The van der Waals surface area contributed by atoms with Crippen LogP contribution in [0.25, 0.3) is 11.1 Å². The highest BCUT2D eigenvalue weighted by Crippen LogP contribution is 2.35. The van der Waals surface area contributed by atoms with Gasteiger partial charge in [-0.25, -0.2) is 0 Å². The number of ether oxygens (including phenoxy) is 2. The highest BCUT2D eigenvalue weighted by atomic mass is 16.5. The maximum atomic E-state index is 13.6. The van der Waals surface area contributed by atoms with Crippen LogP contribution in [0.4, 0.5) is 5.69 Å². The van der Waals surface area contributed by atoms with Crippen LogP contribution in [0.15, 0.2) is 72.8 Å². The van der Waals surface area contributed by atoms with E-state index in [0.717, 1.165) is 36.3 Å². The summed E-state index contributed by atoms with van der Waals surface area (Å²) in [7, 11) is 3.42. The van der Waals surface area contributed by atoms with Crippen LogP contribution in [0, 0.1) is 0 Å². The highest BCUT2D eigenvalue weighted by Gasteiger charge is 2.31. The van der Waals surface area contributed by atoms with Crippen molar-refractivity contribution >= 4 is 17.5 Å². The second-order valence-corrected chi connectivity index (χ2v) is 9.62. The van der Waals surface area contributed by atoms with Crippen molar-refractivity contribution < 1.29 is 19.1 Å². The molecular formula is C30H33N3O4. The second-order valence-electron chi connectivity index (χ2n) is 9.62. The number of benzene rings is 3. The lowest BCUT2D eigenvalue weighted by Gasteiger charge is -2.35. The number of likely N-dealkylation sites (tertiary alicyclic amines) is 1. The first-order valence-electron chi connectivity index (χ1n) is 12.8. The summed E-state index contributed by atoms with van der Waals surface area (Å²) >= 11 is 0. The van der Waals surface area contributed by atoms with Crippen LogP contribution in [0.3, 0.4) is 0 Å². The van der Waals surface area contributed by atoms with Gasteiger partial charge in [0.05, 0.1) is 18.8 Å². The topological polar surface area (TPSA) is 62.3 Å². The number of carbonyl (C=O) groups excluding carboxylic acids is 2. The fourth-order valence-electron chi connectivity index (χ4n) is 5.10. The van der Waals surface area contributed by atoms with E-state index in [0.29, 0.717) is 17.2 Å². The van der Waals surface area contributed by atoms with Gasteiger partial charge in [-0.2, -0.15) is 0 Å². The Morgan fingerprint density at radius 3 is 2.41 bits per heavy atom. The van der Waals surface area contributed by atoms with Crippen LogP contribution in [0.2, 0.25) is 0 Å². The Kier molecular flexibility index (Phi) is 7.42. The van der Waals surface area contributed by atoms with E-state index in [9.17, 15) is 9.59 Å². The van der Waals surface area contributed by atoms with Gasteiger partial charge in [-0.05, 0) is 54.8 Å². The second kappa shape index (κ2) is 11.0. The van der Waals surface area contributed by atoms with E-state index < -0.39 is 0 Å². The summed E-state index contributed by atoms with van der Waals surface area (Å²) < 4.78 is 10.9. The van der Waals surface area contributed by atoms with Gasteiger partial charge in [0.2, 0.25) is 5.91 Å². The Balaban J connectivity index is 1.37. The smallest absolute Gasteiger partial charge is 0.265 e. The van der Waals surface area contributed by atoms with Crippen molar-refractivity contribution in [2.75, 3.05) is 51.8 Å². The molecule has 3 aromatic carbocycles. The summed E-state index contributed by atoms with van der Waals surface area (Å²) in [5, 5.41) is 0. The zero-order chi connectivity index (χ0) is 25.8. The average molecular weight is 500 g/mol. The van der Waals surface area contributed by atoms with Crippen molar-refractivity contribution in [3.8, 4) is 22.6 Å². The lowest BCUT2D eigenvalue weighted by atomic mass is 9.99. The number of anilines is 1. The molecule has 1 atom stereocenters. The maximum Gasteiger partial charge on any atom is 0.265 e. The van der Waals surface area contributed by atoms with E-state index in [4.69, 9.17) is 9.47 Å². The van der Waals surface area contributed by atoms with Gasteiger partial charge in [0, 0.05) is 19.7 Å². The molecular weight excluding hydrogens is 466 g/mol. The molecule has 0 bridgehead atoms. The lowest BCUT2D eigenvalue weighted by molar-refractivity contribution is -0.133. The normalized spacial score (nSPS) is 16.2. The van der Waals surface area contributed by atoms with Crippen molar-refractivity contribution in [2.45, 2.75) is 18.9 Å². The van der Waals surface area contributed by atoms with Gasteiger partial charge >= 0.3 is 0 Å². The van der Waals surface area contributed by atoms with Gasteiger partial charge in [-0.3, -0.25) is 14.5 Å². The molecule has 2 aliphatic heterocycles. The largest absolute Gasteiger partial charge is 0.497 e. The zero-order valence-electron chi connectivity index (χ0n) is 21.4. The summed E-state index contributed by atoms with van der Waals surface area (Å²) in [6, 6.07) is 23.9. The molecule has 3 aromatic rings. The van der Waals surface area contributed by atoms with Crippen LogP contribution >= 0.6 is 0 Å². The third kappa shape index (κ3) is 5.47. The molecule has 0 aliphatic carbocycles. The number of methoxy groups -OCH3 is 1. The fourth-order valence-corrected chi connectivity index (χ4v) is 5.10. The van der Waals surface area contributed by atoms with Gasteiger partial charge in [-0.1, -0.05) is 54.6 Å². The highest BCUT2D eigenvalue weighted by molar-refractivity contribution is 6.02. The van der Waals surface area contributed by atoms with Gasteiger partial charge in [0.1, 0.15) is 18.0 Å². The molecule has 2 amide bonds. The first kappa shape index (κ1) is 24.8.